The smallest absolute Gasteiger partial charge is 0.265 e. The second-order valence-electron chi connectivity index (χ2n) is 6.66. The van der Waals surface area contributed by atoms with Gasteiger partial charge in [-0.25, -0.2) is 12.8 Å². The summed E-state index contributed by atoms with van der Waals surface area (Å²) in [6, 6.07) is 13.9. The first-order chi connectivity index (χ1) is 15.7. The summed E-state index contributed by atoms with van der Waals surface area (Å²) in [7, 11) is -1.60. The predicted octanol–water partition coefficient (Wildman–Crippen LogP) is 5.09. The van der Waals surface area contributed by atoms with Crippen molar-refractivity contribution in [2.45, 2.75) is 4.90 Å². The van der Waals surface area contributed by atoms with Gasteiger partial charge in [-0.05, 0) is 58.4 Å². The first kappa shape index (κ1) is 24.8. The molecule has 0 saturated carbocycles. The molecule has 1 amide bonds. The van der Waals surface area contributed by atoms with Crippen LogP contribution in [-0.2, 0) is 14.8 Å². The predicted molar refractivity (Wildman–Crippen MR) is 128 cm³/mol. The van der Waals surface area contributed by atoms with Crippen LogP contribution in [0, 0.1) is 5.82 Å². The molecule has 33 heavy (non-hydrogen) atoms. The van der Waals surface area contributed by atoms with E-state index < -0.39 is 28.3 Å². The standard InChI is InChI=1S/C22H19BrClFN2O5S/c1-31-20-10-8-15(12-21(20)32-2)33(29,30)27(19-6-4-3-5-18(19)25)13-22(28)26-14-7-9-16(23)17(24)11-14/h3-12H,13H2,1-2H3,(H,26,28). The van der Waals surface area contributed by atoms with Crippen LogP contribution in [0.1, 0.15) is 0 Å². The monoisotopic (exact) mass is 556 g/mol. The Bertz CT molecular complexity index is 1290. The second-order valence-corrected chi connectivity index (χ2v) is 9.78. The number of nitrogens with one attached hydrogen (secondary N) is 1. The van der Waals surface area contributed by atoms with E-state index in [0.717, 1.165) is 6.07 Å². The first-order valence-electron chi connectivity index (χ1n) is 9.41. The number of amides is 1. The number of nitrogens with zero attached hydrogens (tertiary/aromatic N) is 1. The van der Waals surface area contributed by atoms with Gasteiger partial charge in [0.05, 0.1) is 29.8 Å². The molecular formula is C22H19BrClFN2O5S. The van der Waals surface area contributed by atoms with Crippen molar-refractivity contribution >= 4 is 54.8 Å². The summed E-state index contributed by atoms with van der Waals surface area (Å²) < 4.78 is 53.3. The van der Waals surface area contributed by atoms with E-state index in [1.165, 1.54) is 56.7 Å². The maximum Gasteiger partial charge on any atom is 0.265 e. The molecule has 0 atom stereocenters. The Kier molecular flexibility index (Phi) is 7.83. The quantitative estimate of drug-likeness (QED) is 0.417. The topological polar surface area (TPSA) is 84.9 Å². The lowest BCUT2D eigenvalue weighted by molar-refractivity contribution is -0.114. The van der Waals surface area contributed by atoms with Gasteiger partial charge in [0.15, 0.2) is 11.5 Å². The fraction of sp³-hybridized carbons (Fsp3) is 0.136. The van der Waals surface area contributed by atoms with E-state index in [4.69, 9.17) is 21.1 Å². The van der Waals surface area contributed by atoms with Crippen LogP contribution in [0.4, 0.5) is 15.8 Å². The van der Waals surface area contributed by atoms with E-state index in [9.17, 15) is 17.6 Å². The second kappa shape index (κ2) is 10.4. The largest absolute Gasteiger partial charge is 0.493 e. The van der Waals surface area contributed by atoms with Crippen LogP contribution in [0.5, 0.6) is 11.5 Å². The molecule has 0 heterocycles. The summed E-state index contributed by atoms with van der Waals surface area (Å²) in [5.41, 5.74) is 0.0708. The number of sulfonamides is 1. The molecule has 174 valence electrons. The Balaban J connectivity index is 2.00. The van der Waals surface area contributed by atoms with Crippen molar-refractivity contribution in [3.63, 3.8) is 0 Å². The number of rotatable bonds is 8. The van der Waals surface area contributed by atoms with Crippen LogP contribution in [0.15, 0.2) is 70.0 Å². The van der Waals surface area contributed by atoms with Crippen molar-refractivity contribution in [3.05, 3.63) is 76.0 Å². The SMILES string of the molecule is COc1ccc(S(=O)(=O)N(CC(=O)Nc2ccc(Br)c(Cl)c2)c2ccccc2F)cc1OC. The van der Waals surface area contributed by atoms with Gasteiger partial charge in [0.25, 0.3) is 10.0 Å². The highest BCUT2D eigenvalue weighted by molar-refractivity contribution is 9.10. The lowest BCUT2D eigenvalue weighted by Crippen LogP contribution is -2.38. The fourth-order valence-corrected chi connectivity index (χ4v) is 4.83. The fourth-order valence-electron chi connectivity index (χ4n) is 2.96. The molecule has 0 spiro atoms. The van der Waals surface area contributed by atoms with Gasteiger partial charge in [-0.3, -0.25) is 9.10 Å². The number of ether oxygens (including phenoxy) is 2. The van der Waals surface area contributed by atoms with Crippen LogP contribution in [0.2, 0.25) is 5.02 Å². The number of benzene rings is 3. The maximum absolute atomic E-state index is 14.6. The first-order valence-corrected chi connectivity index (χ1v) is 12.0. The summed E-state index contributed by atoms with van der Waals surface area (Å²) in [4.78, 5) is 12.6. The molecule has 0 aliphatic rings. The third-order valence-electron chi connectivity index (χ3n) is 4.55. The van der Waals surface area contributed by atoms with E-state index in [1.807, 2.05) is 0 Å². The van der Waals surface area contributed by atoms with Crippen LogP contribution < -0.4 is 19.1 Å². The Labute approximate surface area is 204 Å². The van der Waals surface area contributed by atoms with Gasteiger partial charge < -0.3 is 14.8 Å². The average molecular weight is 558 g/mol. The van der Waals surface area contributed by atoms with Gasteiger partial charge in [-0.15, -0.1) is 0 Å². The zero-order valence-corrected chi connectivity index (χ0v) is 20.7. The molecule has 3 aromatic carbocycles. The minimum Gasteiger partial charge on any atom is -0.493 e. The molecule has 3 aromatic rings. The Morgan fingerprint density at radius 3 is 2.39 bits per heavy atom. The molecule has 0 aliphatic carbocycles. The van der Waals surface area contributed by atoms with Crippen LogP contribution >= 0.6 is 27.5 Å². The molecule has 0 fully saturated rings. The summed E-state index contributed by atoms with van der Waals surface area (Å²) >= 11 is 9.30. The normalized spacial score (nSPS) is 11.1. The van der Waals surface area contributed by atoms with Gasteiger partial charge >= 0.3 is 0 Å². The van der Waals surface area contributed by atoms with Crippen molar-refractivity contribution in [1.29, 1.82) is 0 Å². The number of carbonyl (C=O) groups is 1. The molecule has 3 rings (SSSR count). The molecule has 11 heteroatoms. The minimum atomic E-state index is -4.37. The van der Waals surface area contributed by atoms with Crippen molar-refractivity contribution < 1.29 is 27.1 Å². The summed E-state index contributed by atoms with van der Waals surface area (Å²) in [6.45, 7) is -0.689. The number of hydrogen-bond acceptors (Lipinski definition) is 5. The molecule has 1 N–H and O–H groups in total. The number of carbonyl (C=O) groups excluding carboxylic acids is 1. The molecule has 0 unspecified atom stereocenters. The van der Waals surface area contributed by atoms with E-state index in [-0.39, 0.29) is 16.3 Å². The number of methoxy groups -OCH3 is 2. The van der Waals surface area contributed by atoms with Crippen molar-refractivity contribution in [1.82, 2.24) is 0 Å². The highest BCUT2D eigenvalue weighted by Gasteiger charge is 2.30. The van der Waals surface area contributed by atoms with Gasteiger partial charge in [-0.1, -0.05) is 23.7 Å². The zero-order chi connectivity index (χ0) is 24.2. The summed E-state index contributed by atoms with van der Waals surface area (Å²) in [5.74, 6) is -1.01. The molecule has 0 radical (unpaired) electrons. The van der Waals surface area contributed by atoms with Crippen molar-refractivity contribution in [2.24, 2.45) is 0 Å². The van der Waals surface area contributed by atoms with E-state index >= 15 is 0 Å². The number of halogens is 3. The molecule has 0 aliphatic heterocycles. The van der Waals surface area contributed by atoms with E-state index in [1.54, 1.807) is 12.1 Å². The van der Waals surface area contributed by atoms with Gasteiger partial charge in [-0.2, -0.15) is 0 Å². The van der Waals surface area contributed by atoms with Crippen LogP contribution in [0.25, 0.3) is 0 Å². The number of anilines is 2. The Hall–Kier alpha value is -2.82. The molecule has 0 saturated heterocycles. The number of hydrogen-bond donors (Lipinski definition) is 1. The maximum atomic E-state index is 14.6. The highest BCUT2D eigenvalue weighted by atomic mass is 79.9. The third kappa shape index (κ3) is 5.58. The van der Waals surface area contributed by atoms with Gasteiger partial charge in [0.2, 0.25) is 5.91 Å². The van der Waals surface area contributed by atoms with Crippen molar-refractivity contribution in [3.8, 4) is 11.5 Å². The van der Waals surface area contributed by atoms with E-state index in [2.05, 4.69) is 21.2 Å². The Morgan fingerprint density at radius 2 is 1.76 bits per heavy atom. The lowest BCUT2D eigenvalue weighted by Gasteiger charge is -2.25. The lowest BCUT2D eigenvalue weighted by atomic mass is 10.3. The van der Waals surface area contributed by atoms with Crippen LogP contribution in [0.3, 0.4) is 0 Å². The van der Waals surface area contributed by atoms with Gasteiger partial charge in [0, 0.05) is 16.2 Å². The summed E-state index contributed by atoms with van der Waals surface area (Å²) in [5, 5.41) is 2.93. The Morgan fingerprint density at radius 1 is 1.06 bits per heavy atom. The third-order valence-corrected chi connectivity index (χ3v) is 7.54. The highest BCUT2D eigenvalue weighted by Crippen LogP contribution is 2.33. The zero-order valence-electron chi connectivity index (χ0n) is 17.5. The van der Waals surface area contributed by atoms with Crippen LogP contribution in [-0.4, -0.2) is 35.1 Å². The van der Waals surface area contributed by atoms with Gasteiger partial charge in [0.1, 0.15) is 12.4 Å². The minimum absolute atomic E-state index is 0.168. The molecule has 0 bridgehead atoms. The average Bonchev–Trinajstić information content (AvgIpc) is 2.80. The van der Waals surface area contributed by atoms with E-state index in [0.29, 0.717) is 25.2 Å². The number of para-hydroxylation sites is 1. The molecule has 0 aromatic heterocycles. The summed E-state index contributed by atoms with van der Waals surface area (Å²) in [6.07, 6.45) is 0. The van der Waals surface area contributed by atoms with Crippen molar-refractivity contribution in [2.75, 3.05) is 30.4 Å². The molecule has 7 nitrogen and oxygen atoms in total. The molecular weight excluding hydrogens is 539 g/mol.